The Balaban J connectivity index is 1.67. The number of amides is 3. The van der Waals surface area contributed by atoms with Crippen molar-refractivity contribution < 1.29 is 52.8 Å². The van der Waals surface area contributed by atoms with Gasteiger partial charge in [-0.15, -0.1) is 11.8 Å². The van der Waals surface area contributed by atoms with Gasteiger partial charge in [-0.2, -0.15) is 0 Å². The van der Waals surface area contributed by atoms with Gasteiger partial charge in [0.1, 0.15) is 34.5 Å². The van der Waals surface area contributed by atoms with Crippen LogP contribution in [0.3, 0.4) is 0 Å². The Morgan fingerprint density at radius 1 is 1.17 bits per heavy atom. The molecular weight excluding hydrogens is 624 g/mol. The summed E-state index contributed by atoms with van der Waals surface area (Å²) in [6, 6.07) is 2.09. The molecule has 0 bridgehead atoms. The molecule has 1 aromatic rings. The molecule has 4 atom stereocenters. The van der Waals surface area contributed by atoms with Crippen LogP contribution in [0.25, 0.3) is 0 Å². The Bertz CT molecular complexity index is 1390. The average molecular weight is 667 g/mol. The number of nitrogens with one attached hydrogen (secondary N) is 2. The van der Waals surface area contributed by atoms with Crippen LogP contribution in [-0.4, -0.2) is 89.4 Å². The number of hydrogen-bond donors (Lipinski definition) is 4. The lowest BCUT2D eigenvalue weighted by Gasteiger charge is -2.56. The van der Waals surface area contributed by atoms with E-state index in [2.05, 4.69) is 10.6 Å². The van der Waals surface area contributed by atoms with Gasteiger partial charge in [-0.05, 0) is 56.9 Å². The highest BCUT2D eigenvalue weighted by Gasteiger charge is 2.66. The maximum absolute atomic E-state index is 13.5. The average Bonchev–Trinajstić information content (AvgIpc) is 2.97. The molecule has 2 aliphatic rings. The van der Waals surface area contributed by atoms with Gasteiger partial charge in [0.2, 0.25) is 12.7 Å². The third kappa shape index (κ3) is 7.92. The largest absolute Gasteiger partial charge is 0.508 e. The predicted octanol–water partition coefficient (Wildman–Crippen LogP) is 1.78. The first kappa shape index (κ1) is 36.6. The number of phenols is 1. The van der Waals surface area contributed by atoms with Gasteiger partial charge in [0.25, 0.3) is 11.6 Å². The number of alkyl carbamates (subject to hydrolysis) is 1. The maximum Gasteiger partial charge on any atom is 0.408 e. The molecule has 1 fully saturated rings. The number of fused-ring (bicyclic) bond motifs is 1. The van der Waals surface area contributed by atoms with Crippen molar-refractivity contribution in [2.45, 2.75) is 76.9 Å². The predicted molar refractivity (Wildman–Crippen MR) is 164 cm³/mol. The molecule has 46 heavy (non-hydrogen) atoms. The summed E-state index contributed by atoms with van der Waals surface area (Å²) in [5.41, 5.74) is 4.81. The lowest BCUT2D eigenvalue weighted by atomic mass is 9.96. The quantitative estimate of drug-likeness (QED) is 0.143. The second-order valence-electron chi connectivity index (χ2n) is 12.1. The number of hydrogen-bond acceptors (Lipinski definition) is 13. The molecule has 0 radical (unpaired) electrons. The molecule has 2 aliphatic heterocycles. The van der Waals surface area contributed by atoms with Crippen LogP contribution in [0.5, 0.6) is 5.75 Å². The molecule has 3 rings (SSSR count). The molecule has 0 aliphatic carbocycles. The Kier molecular flexibility index (Phi) is 11.7. The van der Waals surface area contributed by atoms with Crippen molar-refractivity contribution in [2.24, 2.45) is 11.7 Å². The fraction of sp³-hybridized carbons (Fsp3) is 0.567. The number of thioether (sulfide) groups is 1. The summed E-state index contributed by atoms with van der Waals surface area (Å²) in [6.07, 6.45) is -0.809. The Hall–Kier alpha value is -3.86. The number of β-lactam (4-membered cyclic amide) rings is 1. The van der Waals surface area contributed by atoms with Crippen LogP contribution in [0.15, 0.2) is 29.5 Å². The highest BCUT2D eigenvalue weighted by molar-refractivity contribution is 8.00. The number of phenolic OH excluding ortho intramolecular Hbond substituents is 1. The molecule has 0 aromatic heterocycles. The number of carbonyl (C=O) groups is 5. The minimum Gasteiger partial charge on any atom is -0.508 e. The molecule has 15 nitrogen and oxygen atoms in total. The molecular formula is C30H42N4O11S. The van der Waals surface area contributed by atoms with Crippen LogP contribution < -0.4 is 16.4 Å². The van der Waals surface area contributed by atoms with Gasteiger partial charge in [-0.3, -0.25) is 14.5 Å². The fourth-order valence-electron chi connectivity index (χ4n) is 4.74. The number of ether oxygens (including phenoxy) is 5. The van der Waals surface area contributed by atoms with Crippen LogP contribution in [0, 0.1) is 5.92 Å². The van der Waals surface area contributed by atoms with E-state index in [1.54, 1.807) is 41.5 Å². The third-order valence-electron chi connectivity index (χ3n) is 7.07. The summed E-state index contributed by atoms with van der Waals surface area (Å²) >= 11 is 1.26. The fourth-order valence-corrected chi connectivity index (χ4v) is 6.12. The first-order valence-electron chi connectivity index (χ1n) is 14.4. The number of benzene rings is 1. The number of aromatic hydroxyl groups is 1. The molecule has 1 aromatic carbocycles. The topological polar surface area (TPSA) is 205 Å². The first-order valence-corrected chi connectivity index (χ1v) is 15.4. The number of carbonyl (C=O) groups excluding carboxylic acids is 5. The minimum atomic E-state index is -1.83. The van der Waals surface area contributed by atoms with Gasteiger partial charge in [0, 0.05) is 25.5 Å². The molecule has 0 spiro atoms. The molecule has 4 unspecified atom stereocenters. The van der Waals surface area contributed by atoms with E-state index in [0.717, 1.165) is 4.90 Å². The van der Waals surface area contributed by atoms with E-state index in [1.165, 1.54) is 44.2 Å². The summed E-state index contributed by atoms with van der Waals surface area (Å²) in [6.45, 7) is 9.37. The van der Waals surface area contributed by atoms with Crippen molar-refractivity contribution in [2.75, 3.05) is 26.8 Å². The van der Waals surface area contributed by atoms with Crippen molar-refractivity contribution in [1.29, 1.82) is 0 Å². The van der Waals surface area contributed by atoms with Crippen molar-refractivity contribution in [3.8, 4) is 5.75 Å². The monoisotopic (exact) mass is 666 g/mol. The number of nitrogens with zero attached hydrogens (tertiary/aromatic N) is 1. The summed E-state index contributed by atoms with van der Waals surface area (Å²) in [4.78, 5) is 65.9. The molecule has 16 heteroatoms. The highest BCUT2D eigenvalue weighted by atomic mass is 32.2. The number of nitrogens with two attached hydrogens (primary N) is 1. The van der Waals surface area contributed by atoms with E-state index in [0.29, 0.717) is 22.5 Å². The zero-order chi connectivity index (χ0) is 34.6. The Morgan fingerprint density at radius 2 is 1.85 bits per heavy atom. The third-order valence-corrected chi connectivity index (χ3v) is 8.53. The first-order chi connectivity index (χ1) is 21.5. The number of methoxy groups -OCH3 is 2. The van der Waals surface area contributed by atoms with E-state index in [9.17, 15) is 29.1 Å². The molecule has 0 saturated carbocycles. The molecule has 5 N–H and O–H groups in total. The van der Waals surface area contributed by atoms with Gasteiger partial charge in [0.05, 0.1) is 6.61 Å². The van der Waals surface area contributed by atoms with E-state index >= 15 is 0 Å². The van der Waals surface area contributed by atoms with E-state index < -0.39 is 65.4 Å². The summed E-state index contributed by atoms with van der Waals surface area (Å²) in [7, 11) is 2.70. The molecule has 1 saturated heterocycles. The number of esters is 2. The van der Waals surface area contributed by atoms with Crippen LogP contribution >= 0.6 is 11.8 Å². The van der Waals surface area contributed by atoms with Gasteiger partial charge in [0.15, 0.2) is 0 Å². The summed E-state index contributed by atoms with van der Waals surface area (Å²) in [5.74, 6) is -3.36. The SMILES string of the molecule is COCc1cc(C(N)C(=O)NC2(OC)C(=O)N3C(C(=O)OCOC(=O)C(NC(=O)OC(C)(C)C)C(C)C)=C(C)CSC32)ccc1O. The Morgan fingerprint density at radius 3 is 2.43 bits per heavy atom. The highest BCUT2D eigenvalue weighted by Crippen LogP contribution is 2.47. The second-order valence-corrected chi connectivity index (χ2v) is 13.1. The Labute approximate surface area is 271 Å². The van der Waals surface area contributed by atoms with E-state index in [1.807, 2.05) is 0 Å². The minimum absolute atomic E-state index is 0.0245. The molecule has 2 heterocycles. The molecule has 3 amide bonds. The van der Waals surface area contributed by atoms with Crippen LogP contribution in [0.4, 0.5) is 4.79 Å². The van der Waals surface area contributed by atoms with Gasteiger partial charge < -0.3 is 45.2 Å². The lowest BCUT2D eigenvalue weighted by Crippen LogP contribution is -2.81. The smallest absolute Gasteiger partial charge is 0.408 e. The van der Waals surface area contributed by atoms with Crippen LogP contribution in [0.2, 0.25) is 0 Å². The normalized spacial score (nSPS) is 20.7. The molecule has 254 valence electrons. The number of rotatable bonds is 12. The van der Waals surface area contributed by atoms with E-state index in [4.69, 9.17) is 29.4 Å². The van der Waals surface area contributed by atoms with Gasteiger partial charge in [-0.1, -0.05) is 19.9 Å². The van der Waals surface area contributed by atoms with Crippen molar-refractivity contribution in [3.05, 3.63) is 40.6 Å². The van der Waals surface area contributed by atoms with Crippen molar-refractivity contribution >= 4 is 41.6 Å². The maximum atomic E-state index is 13.5. The van der Waals surface area contributed by atoms with Crippen LogP contribution in [-0.2, 0) is 49.5 Å². The van der Waals surface area contributed by atoms with Crippen LogP contribution in [0.1, 0.15) is 58.7 Å². The lowest BCUT2D eigenvalue weighted by molar-refractivity contribution is -0.194. The van der Waals surface area contributed by atoms with Crippen molar-refractivity contribution in [1.82, 2.24) is 15.5 Å². The second kappa shape index (κ2) is 14.7. The van der Waals surface area contributed by atoms with Gasteiger partial charge >= 0.3 is 18.0 Å². The zero-order valence-corrected chi connectivity index (χ0v) is 27.9. The van der Waals surface area contributed by atoms with E-state index in [-0.39, 0.29) is 24.0 Å². The van der Waals surface area contributed by atoms with Gasteiger partial charge in [-0.25, -0.2) is 14.4 Å². The van der Waals surface area contributed by atoms with Crippen molar-refractivity contribution in [3.63, 3.8) is 0 Å². The zero-order valence-electron chi connectivity index (χ0n) is 27.1. The summed E-state index contributed by atoms with van der Waals surface area (Å²) < 4.78 is 26.1. The standard InChI is InChI=1S/C30H42N4O11S/c1-15(2)21(32-28(40)45-29(4,5)6)24(37)43-14-44-25(38)22-16(3)13-46-27-30(42-8,26(39)34(22)27)33-23(36)20(31)17-9-10-19(35)18(11-17)12-41-7/h9-11,15,20-21,27,35H,12-14,31H2,1-8H3,(H,32,40)(H,33,36). The summed E-state index contributed by atoms with van der Waals surface area (Å²) in [5, 5.41) is 14.2.